The number of hydrogen-bond acceptors (Lipinski definition) is 8. The minimum Gasteiger partial charge on any atom is -0.390 e. The van der Waals surface area contributed by atoms with Gasteiger partial charge in [0, 0.05) is 51.7 Å². The first kappa shape index (κ1) is 15.5. The Morgan fingerprint density at radius 1 is 1.39 bits per heavy atom. The van der Waals surface area contributed by atoms with Crippen LogP contribution in [-0.4, -0.2) is 69.3 Å². The first-order valence-corrected chi connectivity index (χ1v) is 7.60. The van der Waals surface area contributed by atoms with E-state index >= 15 is 0 Å². The Kier molecular flexibility index (Phi) is 4.58. The van der Waals surface area contributed by atoms with E-state index in [1.54, 1.807) is 19.4 Å². The van der Waals surface area contributed by atoms with Gasteiger partial charge in [0.05, 0.1) is 12.6 Å². The van der Waals surface area contributed by atoms with Gasteiger partial charge in [-0.15, -0.1) is 0 Å². The molecule has 3 heterocycles. The summed E-state index contributed by atoms with van der Waals surface area (Å²) < 4.78 is 0. The summed E-state index contributed by atoms with van der Waals surface area (Å²) in [7, 11) is 1.79. The van der Waals surface area contributed by atoms with Crippen molar-refractivity contribution in [3.63, 3.8) is 0 Å². The minimum atomic E-state index is -0.471. The number of aliphatic hydroxyl groups is 1. The summed E-state index contributed by atoms with van der Waals surface area (Å²) in [5, 5.41) is 13.3. The smallest absolute Gasteiger partial charge is 0.223 e. The molecule has 23 heavy (non-hydrogen) atoms. The number of H-pyrrole nitrogens is 1. The maximum absolute atomic E-state index is 10.3. The van der Waals surface area contributed by atoms with Gasteiger partial charge in [0.25, 0.3) is 0 Å². The maximum atomic E-state index is 10.3. The normalized spacial score (nSPS) is 19.6. The number of β-amino-alcohol motifs (C(OH)–C–C–N with tert-alkyl or cyclic N) is 1. The van der Waals surface area contributed by atoms with E-state index in [-0.39, 0.29) is 5.95 Å². The zero-order valence-corrected chi connectivity index (χ0v) is 13.1. The molecule has 1 aliphatic rings. The highest BCUT2D eigenvalue weighted by Crippen LogP contribution is 2.19. The molecule has 1 atom stereocenters. The molecular weight excluding hydrogens is 296 g/mol. The van der Waals surface area contributed by atoms with Gasteiger partial charge in [-0.25, -0.2) is 4.98 Å². The molecule has 9 heteroatoms. The Morgan fingerprint density at radius 2 is 2.26 bits per heavy atom. The molecule has 0 aromatic carbocycles. The summed E-state index contributed by atoms with van der Waals surface area (Å²) >= 11 is 0. The van der Waals surface area contributed by atoms with Crippen LogP contribution in [0.1, 0.15) is 5.82 Å². The van der Waals surface area contributed by atoms with Gasteiger partial charge in [-0.2, -0.15) is 9.97 Å². The summed E-state index contributed by atoms with van der Waals surface area (Å²) in [6.45, 7) is 3.34. The van der Waals surface area contributed by atoms with E-state index in [1.807, 2.05) is 11.0 Å². The summed E-state index contributed by atoms with van der Waals surface area (Å²) in [4.78, 5) is 19.9. The number of nitrogens with zero attached hydrogens (tertiary/aromatic N) is 5. The van der Waals surface area contributed by atoms with Crippen LogP contribution in [0.4, 0.5) is 17.6 Å². The van der Waals surface area contributed by atoms with E-state index in [2.05, 4.69) is 30.2 Å². The highest BCUT2D eigenvalue weighted by atomic mass is 16.3. The van der Waals surface area contributed by atoms with Gasteiger partial charge in [-0.3, -0.25) is 4.90 Å². The fraction of sp³-hybridized carbons (Fsp3) is 0.500. The van der Waals surface area contributed by atoms with Crippen molar-refractivity contribution in [2.45, 2.75) is 12.6 Å². The lowest BCUT2D eigenvalue weighted by Crippen LogP contribution is -2.34. The quantitative estimate of drug-likeness (QED) is 0.596. The number of aliphatic hydroxyl groups excluding tert-OH is 1. The predicted molar refractivity (Wildman–Crippen MR) is 88.1 cm³/mol. The van der Waals surface area contributed by atoms with Gasteiger partial charge in [0.1, 0.15) is 17.5 Å². The van der Waals surface area contributed by atoms with Gasteiger partial charge >= 0.3 is 0 Å². The molecule has 0 aliphatic carbocycles. The number of anilines is 3. The van der Waals surface area contributed by atoms with Crippen LogP contribution < -0.4 is 16.0 Å². The third-order valence-electron chi connectivity index (χ3n) is 3.82. The minimum absolute atomic E-state index is 0.220. The molecule has 1 fully saturated rings. The van der Waals surface area contributed by atoms with Crippen molar-refractivity contribution < 1.29 is 5.11 Å². The fourth-order valence-corrected chi connectivity index (χ4v) is 2.75. The second-order valence-corrected chi connectivity index (χ2v) is 5.59. The zero-order valence-electron chi connectivity index (χ0n) is 13.1. The highest BCUT2D eigenvalue weighted by Gasteiger charge is 2.23. The molecule has 2 aromatic heterocycles. The lowest BCUT2D eigenvalue weighted by atomic mass is 10.3. The van der Waals surface area contributed by atoms with Gasteiger partial charge in [-0.1, -0.05) is 0 Å². The van der Waals surface area contributed by atoms with E-state index in [0.717, 1.165) is 24.7 Å². The Labute approximate surface area is 134 Å². The van der Waals surface area contributed by atoms with Crippen LogP contribution in [0, 0.1) is 0 Å². The van der Waals surface area contributed by atoms with E-state index in [9.17, 15) is 5.11 Å². The van der Waals surface area contributed by atoms with Gasteiger partial charge in [-0.05, 0) is 0 Å². The lowest BCUT2D eigenvalue weighted by Gasteiger charge is -2.23. The molecule has 0 saturated carbocycles. The van der Waals surface area contributed by atoms with Crippen molar-refractivity contribution in [3.05, 3.63) is 24.3 Å². The van der Waals surface area contributed by atoms with Crippen LogP contribution in [-0.2, 0) is 6.54 Å². The molecule has 1 unspecified atom stereocenters. The maximum Gasteiger partial charge on any atom is 0.223 e. The average Bonchev–Trinajstić information content (AvgIpc) is 2.95. The topological polar surface area (TPSA) is 119 Å². The summed E-state index contributed by atoms with van der Waals surface area (Å²) in [6.07, 6.45) is 3.07. The molecule has 0 spiro atoms. The van der Waals surface area contributed by atoms with Crippen molar-refractivity contribution in [2.24, 2.45) is 0 Å². The molecule has 124 valence electrons. The van der Waals surface area contributed by atoms with Crippen LogP contribution in [0.15, 0.2) is 18.5 Å². The molecule has 2 aromatic rings. The number of imidazole rings is 1. The molecule has 5 N–H and O–H groups in total. The number of nitrogens with two attached hydrogens (primary N) is 1. The SMILES string of the molecule is CNc1cc(N2CCN(Cc3ncc[nH]3)CC(O)C2)nc(N)n1. The Bertz CT molecular complexity index is 632. The summed E-state index contributed by atoms with van der Waals surface area (Å²) in [5.74, 6) is 2.51. The Morgan fingerprint density at radius 3 is 3.00 bits per heavy atom. The number of nitrogen functional groups attached to an aromatic ring is 1. The third kappa shape index (κ3) is 3.88. The third-order valence-corrected chi connectivity index (χ3v) is 3.82. The Balaban J connectivity index is 1.71. The largest absolute Gasteiger partial charge is 0.390 e. The van der Waals surface area contributed by atoms with Crippen LogP contribution in [0.25, 0.3) is 0 Å². The molecule has 1 aliphatic heterocycles. The van der Waals surface area contributed by atoms with Crippen LogP contribution in [0.3, 0.4) is 0 Å². The highest BCUT2D eigenvalue weighted by molar-refractivity contribution is 5.52. The number of rotatable bonds is 4. The predicted octanol–water partition coefficient (Wildman–Crippen LogP) is -0.493. The number of aromatic nitrogens is 4. The van der Waals surface area contributed by atoms with Gasteiger partial charge < -0.3 is 26.0 Å². The van der Waals surface area contributed by atoms with E-state index in [4.69, 9.17) is 5.73 Å². The second-order valence-electron chi connectivity index (χ2n) is 5.59. The van der Waals surface area contributed by atoms with E-state index < -0.39 is 6.10 Å². The fourth-order valence-electron chi connectivity index (χ4n) is 2.75. The lowest BCUT2D eigenvalue weighted by molar-refractivity contribution is 0.128. The monoisotopic (exact) mass is 318 g/mol. The molecule has 3 rings (SSSR count). The van der Waals surface area contributed by atoms with Crippen molar-refractivity contribution >= 4 is 17.6 Å². The van der Waals surface area contributed by atoms with Crippen LogP contribution >= 0.6 is 0 Å². The standard InChI is InChI=1S/C14H22N8O/c1-16-11-6-13(20-14(15)19-11)22-5-4-21(7-10(23)8-22)9-12-17-2-3-18-12/h2-3,6,10,23H,4-5,7-9H2,1H3,(H,17,18)(H3,15,16,19,20). The molecular formula is C14H22N8O. The number of aromatic amines is 1. The molecule has 0 bridgehead atoms. The number of hydrogen-bond donors (Lipinski definition) is 4. The summed E-state index contributed by atoms with van der Waals surface area (Å²) in [5.41, 5.74) is 5.76. The zero-order chi connectivity index (χ0) is 16.2. The van der Waals surface area contributed by atoms with E-state index in [1.165, 1.54) is 0 Å². The van der Waals surface area contributed by atoms with E-state index in [0.29, 0.717) is 25.5 Å². The average molecular weight is 318 g/mol. The molecule has 0 amide bonds. The molecule has 1 saturated heterocycles. The van der Waals surface area contributed by atoms with Crippen molar-refractivity contribution in [3.8, 4) is 0 Å². The molecule has 0 radical (unpaired) electrons. The molecule has 9 nitrogen and oxygen atoms in total. The first-order valence-electron chi connectivity index (χ1n) is 7.60. The van der Waals surface area contributed by atoms with Crippen molar-refractivity contribution in [1.82, 2.24) is 24.8 Å². The Hall–Kier alpha value is -2.39. The second kappa shape index (κ2) is 6.80. The van der Waals surface area contributed by atoms with Crippen molar-refractivity contribution in [2.75, 3.05) is 49.2 Å². The number of nitrogens with one attached hydrogen (secondary N) is 2. The van der Waals surface area contributed by atoms with Crippen LogP contribution in [0.5, 0.6) is 0 Å². The first-order chi connectivity index (χ1) is 11.1. The van der Waals surface area contributed by atoms with Crippen molar-refractivity contribution in [1.29, 1.82) is 0 Å². The summed E-state index contributed by atoms with van der Waals surface area (Å²) in [6, 6.07) is 1.84. The van der Waals surface area contributed by atoms with Gasteiger partial charge in [0.15, 0.2) is 0 Å². The van der Waals surface area contributed by atoms with Crippen LogP contribution in [0.2, 0.25) is 0 Å². The van der Waals surface area contributed by atoms with Gasteiger partial charge in [0.2, 0.25) is 5.95 Å².